The number of hydrogen-bond acceptors (Lipinski definition) is 4. The van der Waals surface area contributed by atoms with Crippen LogP contribution in [0.25, 0.3) is 0 Å². The van der Waals surface area contributed by atoms with E-state index in [-0.39, 0.29) is 11.9 Å². The minimum atomic E-state index is -0.468. The van der Waals surface area contributed by atoms with Crippen LogP contribution in [-0.4, -0.2) is 49.3 Å². The Morgan fingerprint density at radius 1 is 1.33 bits per heavy atom. The van der Waals surface area contributed by atoms with E-state index in [9.17, 15) is 4.79 Å². The van der Waals surface area contributed by atoms with E-state index in [1.54, 1.807) is 18.7 Å². The molecule has 1 aromatic rings. The third kappa shape index (κ3) is 4.93. The van der Waals surface area contributed by atoms with E-state index in [0.29, 0.717) is 0 Å². The first-order chi connectivity index (χ1) is 10.1. The van der Waals surface area contributed by atoms with Crippen molar-refractivity contribution in [2.45, 2.75) is 36.8 Å². The van der Waals surface area contributed by atoms with Gasteiger partial charge < -0.3 is 15.0 Å². The van der Waals surface area contributed by atoms with E-state index < -0.39 is 6.10 Å². The van der Waals surface area contributed by atoms with Crippen molar-refractivity contribution in [3.05, 3.63) is 24.3 Å². The van der Waals surface area contributed by atoms with Gasteiger partial charge in [-0.1, -0.05) is 0 Å². The molecule has 1 fully saturated rings. The first kappa shape index (κ1) is 16.2. The second-order valence-electron chi connectivity index (χ2n) is 5.52. The fraction of sp³-hybridized carbons (Fsp3) is 0.562. The van der Waals surface area contributed by atoms with Crippen LogP contribution in [0.3, 0.4) is 0 Å². The van der Waals surface area contributed by atoms with Crippen LogP contribution in [0.4, 0.5) is 0 Å². The molecule has 2 rings (SSSR count). The van der Waals surface area contributed by atoms with Gasteiger partial charge in [-0.05, 0) is 70.4 Å². The summed E-state index contributed by atoms with van der Waals surface area (Å²) in [6.45, 7) is 3.87. The molecule has 0 bridgehead atoms. The molecule has 21 heavy (non-hydrogen) atoms. The Kier molecular flexibility index (Phi) is 5.94. The zero-order chi connectivity index (χ0) is 15.2. The summed E-state index contributed by atoms with van der Waals surface area (Å²) in [6, 6.07) is 8.10. The average molecular weight is 308 g/mol. The van der Waals surface area contributed by atoms with Gasteiger partial charge in [0.1, 0.15) is 5.75 Å². The lowest BCUT2D eigenvalue weighted by molar-refractivity contribution is -0.128. The van der Waals surface area contributed by atoms with Gasteiger partial charge in [0.05, 0.1) is 0 Å². The molecule has 0 unspecified atom stereocenters. The Morgan fingerprint density at radius 3 is 2.52 bits per heavy atom. The molecule has 1 atom stereocenters. The number of carbonyl (C=O) groups excluding carboxylic acids is 1. The maximum absolute atomic E-state index is 12.2. The SMILES string of the molecule is CSc1ccc(O[C@@H](C)C(=O)NC2CCN(C)CC2)cc1. The number of thioether (sulfide) groups is 1. The summed E-state index contributed by atoms with van der Waals surface area (Å²) in [5, 5.41) is 3.09. The van der Waals surface area contributed by atoms with Gasteiger partial charge in [0, 0.05) is 10.9 Å². The van der Waals surface area contributed by atoms with Crippen molar-refractivity contribution in [3.63, 3.8) is 0 Å². The highest BCUT2D eigenvalue weighted by Crippen LogP contribution is 2.20. The molecule has 1 N–H and O–H groups in total. The first-order valence-corrected chi connectivity index (χ1v) is 8.60. The second kappa shape index (κ2) is 7.71. The topological polar surface area (TPSA) is 41.6 Å². The van der Waals surface area contributed by atoms with Gasteiger partial charge in [-0.15, -0.1) is 11.8 Å². The maximum atomic E-state index is 12.2. The minimum absolute atomic E-state index is 0.0292. The fourth-order valence-corrected chi connectivity index (χ4v) is 2.79. The van der Waals surface area contributed by atoms with Crippen LogP contribution >= 0.6 is 11.8 Å². The van der Waals surface area contributed by atoms with Crippen LogP contribution in [-0.2, 0) is 4.79 Å². The lowest BCUT2D eigenvalue weighted by Crippen LogP contribution is -2.47. The van der Waals surface area contributed by atoms with Gasteiger partial charge in [-0.2, -0.15) is 0 Å². The summed E-state index contributed by atoms with van der Waals surface area (Å²) >= 11 is 1.69. The molecule has 0 saturated carbocycles. The van der Waals surface area contributed by atoms with Gasteiger partial charge in [0.25, 0.3) is 5.91 Å². The molecule has 116 valence electrons. The molecular weight excluding hydrogens is 284 g/mol. The minimum Gasteiger partial charge on any atom is -0.481 e. The summed E-state index contributed by atoms with van der Waals surface area (Å²) in [6.07, 6.45) is 3.59. The predicted octanol–water partition coefficient (Wildman–Crippen LogP) is 2.39. The van der Waals surface area contributed by atoms with Crippen molar-refractivity contribution in [1.82, 2.24) is 10.2 Å². The monoisotopic (exact) mass is 308 g/mol. The van der Waals surface area contributed by atoms with Crippen LogP contribution in [0.2, 0.25) is 0 Å². The Balaban J connectivity index is 1.81. The Bertz CT molecular complexity index is 456. The molecule has 5 heteroatoms. The number of ether oxygens (including phenoxy) is 1. The molecule has 1 amide bonds. The standard InChI is InChI=1S/C16H24N2O2S/c1-12(20-14-4-6-15(21-3)7-5-14)16(19)17-13-8-10-18(2)11-9-13/h4-7,12-13H,8-11H2,1-3H3,(H,17,19)/t12-/m0/s1. The smallest absolute Gasteiger partial charge is 0.260 e. The van der Waals surface area contributed by atoms with Crippen LogP contribution in [0.1, 0.15) is 19.8 Å². The van der Waals surface area contributed by atoms with E-state index in [1.807, 2.05) is 30.5 Å². The van der Waals surface area contributed by atoms with Crippen molar-refractivity contribution < 1.29 is 9.53 Å². The van der Waals surface area contributed by atoms with Crippen molar-refractivity contribution in [1.29, 1.82) is 0 Å². The van der Waals surface area contributed by atoms with E-state index in [0.717, 1.165) is 31.7 Å². The molecule has 1 heterocycles. The Morgan fingerprint density at radius 2 is 1.95 bits per heavy atom. The largest absolute Gasteiger partial charge is 0.481 e. The molecule has 1 aliphatic rings. The van der Waals surface area contributed by atoms with Gasteiger partial charge in [0.2, 0.25) is 0 Å². The highest BCUT2D eigenvalue weighted by Gasteiger charge is 2.22. The van der Waals surface area contributed by atoms with E-state index >= 15 is 0 Å². The molecule has 1 aliphatic heterocycles. The van der Waals surface area contributed by atoms with Crippen LogP contribution in [0, 0.1) is 0 Å². The number of nitrogens with one attached hydrogen (secondary N) is 1. The summed E-state index contributed by atoms with van der Waals surface area (Å²) in [7, 11) is 2.11. The Labute approximate surface area is 131 Å². The summed E-state index contributed by atoms with van der Waals surface area (Å²) < 4.78 is 5.71. The molecule has 0 radical (unpaired) electrons. The molecule has 0 aliphatic carbocycles. The van der Waals surface area contributed by atoms with E-state index in [4.69, 9.17) is 4.74 Å². The predicted molar refractivity (Wildman–Crippen MR) is 87.0 cm³/mol. The van der Waals surface area contributed by atoms with Crippen molar-refractivity contribution in [2.24, 2.45) is 0 Å². The average Bonchev–Trinajstić information content (AvgIpc) is 2.50. The number of likely N-dealkylation sites (tertiary alicyclic amines) is 1. The van der Waals surface area contributed by atoms with Gasteiger partial charge in [0.15, 0.2) is 6.10 Å². The number of nitrogens with zero attached hydrogens (tertiary/aromatic N) is 1. The normalized spacial score (nSPS) is 18.2. The molecular formula is C16H24N2O2S. The highest BCUT2D eigenvalue weighted by molar-refractivity contribution is 7.98. The molecule has 1 aromatic carbocycles. The van der Waals surface area contributed by atoms with Crippen LogP contribution < -0.4 is 10.1 Å². The van der Waals surface area contributed by atoms with Crippen molar-refractivity contribution >= 4 is 17.7 Å². The van der Waals surface area contributed by atoms with Crippen LogP contribution in [0.5, 0.6) is 5.75 Å². The van der Waals surface area contributed by atoms with Gasteiger partial charge in [-0.3, -0.25) is 4.79 Å². The molecule has 4 nitrogen and oxygen atoms in total. The highest BCUT2D eigenvalue weighted by atomic mass is 32.2. The van der Waals surface area contributed by atoms with Gasteiger partial charge >= 0.3 is 0 Å². The number of rotatable bonds is 5. The summed E-state index contributed by atoms with van der Waals surface area (Å²) in [4.78, 5) is 15.6. The number of benzene rings is 1. The summed E-state index contributed by atoms with van der Waals surface area (Å²) in [5.74, 6) is 0.706. The van der Waals surface area contributed by atoms with Crippen molar-refractivity contribution in [3.8, 4) is 5.75 Å². The number of piperidine rings is 1. The summed E-state index contributed by atoms with van der Waals surface area (Å²) in [5.41, 5.74) is 0. The third-order valence-electron chi connectivity index (χ3n) is 3.81. The number of carbonyl (C=O) groups is 1. The maximum Gasteiger partial charge on any atom is 0.260 e. The zero-order valence-corrected chi connectivity index (χ0v) is 13.8. The lowest BCUT2D eigenvalue weighted by atomic mass is 10.1. The quantitative estimate of drug-likeness (QED) is 0.848. The number of hydrogen-bond donors (Lipinski definition) is 1. The lowest BCUT2D eigenvalue weighted by Gasteiger charge is -2.30. The third-order valence-corrected chi connectivity index (χ3v) is 4.55. The first-order valence-electron chi connectivity index (χ1n) is 7.38. The molecule has 0 aromatic heterocycles. The van der Waals surface area contributed by atoms with E-state index in [2.05, 4.69) is 17.3 Å². The molecule has 0 spiro atoms. The van der Waals surface area contributed by atoms with E-state index in [1.165, 1.54) is 4.90 Å². The number of amides is 1. The molecule has 1 saturated heterocycles. The Hall–Kier alpha value is -1.20. The second-order valence-corrected chi connectivity index (χ2v) is 6.40. The fourth-order valence-electron chi connectivity index (χ4n) is 2.38. The van der Waals surface area contributed by atoms with Crippen molar-refractivity contribution in [2.75, 3.05) is 26.4 Å². The zero-order valence-electron chi connectivity index (χ0n) is 13.0. The van der Waals surface area contributed by atoms with Gasteiger partial charge in [-0.25, -0.2) is 0 Å². The van der Waals surface area contributed by atoms with Crippen LogP contribution in [0.15, 0.2) is 29.2 Å².